The van der Waals surface area contributed by atoms with Crippen molar-refractivity contribution in [3.05, 3.63) is 55.7 Å². The van der Waals surface area contributed by atoms with Crippen LogP contribution in [-0.2, 0) is 0 Å². The number of halogens is 1. The van der Waals surface area contributed by atoms with Gasteiger partial charge in [0.05, 0.1) is 6.04 Å². The van der Waals surface area contributed by atoms with E-state index in [0.717, 1.165) is 4.47 Å². The Morgan fingerprint density at radius 3 is 2.53 bits per heavy atom. The summed E-state index contributed by atoms with van der Waals surface area (Å²) in [7, 11) is 0. The third kappa shape index (κ3) is 2.60. The lowest BCUT2D eigenvalue weighted by molar-refractivity contribution is 0.633. The molecule has 0 radical (unpaired) electrons. The predicted octanol–water partition coefficient (Wildman–Crippen LogP) is 3.68. The number of hydrogen-bond acceptors (Lipinski definition) is 3. The minimum atomic E-state index is 0.0382. The molecule has 1 atom stereocenters. The van der Waals surface area contributed by atoms with Gasteiger partial charge in [-0.3, -0.25) is 5.84 Å². The molecule has 1 unspecified atom stereocenters. The van der Waals surface area contributed by atoms with Crippen molar-refractivity contribution in [2.45, 2.75) is 19.9 Å². The number of aryl methyl sites for hydroxylation is 2. The second-order valence-electron chi connectivity index (χ2n) is 4.13. The van der Waals surface area contributed by atoms with Crippen LogP contribution >= 0.6 is 27.3 Å². The highest BCUT2D eigenvalue weighted by molar-refractivity contribution is 9.10. The van der Waals surface area contributed by atoms with Gasteiger partial charge in [0.15, 0.2) is 0 Å². The fourth-order valence-corrected chi connectivity index (χ4v) is 3.55. The molecule has 0 aliphatic carbocycles. The van der Waals surface area contributed by atoms with E-state index in [0.29, 0.717) is 0 Å². The van der Waals surface area contributed by atoms with E-state index < -0.39 is 0 Å². The number of nitrogens with two attached hydrogens (primary N) is 1. The van der Waals surface area contributed by atoms with Crippen molar-refractivity contribution < 1.29 is 0 Å². The summed E-state index contributed by atoms with van der Waals surface area (Å²) in [6, 6.07) is 6.47. The zero-order valence-electron chi connectivity index (χ0n) is 9.83. The number of benzene rings is 1. The van der Waals surface area contributed by atoms with Gasteiger partial charge in [-0.2, -0.15) is 11.3 Å². The van der Waals surface area contributed by atoms with Gasteiger partial charge in [0.1, 0.15) is 0 Å². The molecule has 90 valence electrons. The molecular formula is C13H15BrN2S. The Bertz CT molecular complexity index is 522. The van der Waals surface area contributed by atoms with Gasteiger partial charge in [-0.05, 0) is 51.8 Å². The Hall–Kier alpha value is -0.680. The minimum absolute atomic E-state index is 0.0382. The highest BCUT2D eigenvalue weighted by atomic mass is 79.9. The van der Waals surface area contributed by atoms with E-state index in [1.165, 1.54) is 22.3 Å². The van der Waals surface area contributed by atoms with Crippen molar-refractivity contribution in [2.24, 2.45) is 5.84 Å². The zero-order valence-corrected chi connectivity index (χ0v) is 12.2. The van der Waals surface area contributed by atoms with Gasteiger partial charge in [0.25, 0.3) is 0 Å². The van der Waals surface area contributed by atoms with Crippen molar-refractivity contribution in [2.75, 3.05) is 0 Å². The fourth-order valence-electron chi connectivity index (χ4n) is 1.99. The standard InChI is InChI=1S/C13H15BrN2S/c1-8-3-4-10(9(2)5-8)13(16-15)11-6-17-7-12(11)14/h3-7,13,16H,15H2,1-2H3. The molecule has 1 heterocycles. The predicted molar refractivity (Wildman–Crippen MR) is 77.1 cm³/mol. The maximum atomic E-state index is 5.71. The summed E-state index contributed by atoms with van der Waals surface area (Å²) in [6.07, 6.45) is 0. The molecule has 2 aromatic rings. The second kappa shape index (κ2) is 5.31. The van der Waals surface area contributed by atoms with Gasteiger partial charge in [-0.1, -0.05) is 23.8 Å². The summed E-state index contributed by atoms with van der Waals surface area (Å²) in [6.45, 7) is 4.22. The van der Waals surface area contributed by atoms with Gasteiger partial charge >= 0.3 is 0 Å². The molecule has 0 bridgehead atoms. The number of hydrazine groups is 1. The Morgan fingerprint density at radius 2 is 2.00 bits per heavy atom. The molecule has 0 spiro atoms. The monoisotopic (exact) mass is 310 g/mol. The highest BCUT2D eigenvalue weighted by Gasteiger charge is 2.17. The van der Waals surface area contributed by atoms with E-state index in [1.807, 2.05) is 0 Å². The first-order chi connectivity index (χ1) is 8.13. The molecule has 0 amide bonds. The summed E-state index contributed by atoms with van der Waals surface area (Å²) in [5.41, 5.74) is 7.83. The van der Waals surface area contributed by atoms with E-state index in [-0.39, 0.29) is 6.04 Å². The van der Waals surface area contributed by atoms with E-state index >= 15 is 0 Å². The van der Waals surface area contributed by atoms with E-state index in [4.69, 9.17) is 5.84 Å². The Labute approximate surface area is 114 Å². The average Bonchev–Trinajstić information content (AvgIpc) is 2.69. The molecule has 1 aromatic heterocycles. The molecular weight excluding hydrogens is 296 g/mol. The van der Waals surface area contributed by atoms with Gasteiger partial charge in [-0.25, -0.2) is 5.43 Å². The smallest absolute Gasteiger partial charge is 0.0731 e. The molecule has 2 nitrogen and oxygen atoms in total. The SMILES string of the molecule is Cc1ccc(C(NN)c2cscc2Br)c(C)c1. The lowest BCUT2D eigenvalue weighted by atomic mass is 9.96. The molecule has 17 heavy (non-hydrogen) atoms. The second-order valence-corrected chi connectivity index (χ2v) is 5.73. The van der Waals surface area contributed by atoms with E-state index in [2.05, 4.69) is 64.2 Å². The van der Waals surface area contributed by atoms with Crippen molar-refractivity contribution in [3.8, 4) is 0 Å². The first-order valence-electron chi connectivity index (χ1n) is 5.38. The minimum Gasteiger partial charge on any atom is -0.271 e. The first-order valence-corrected chi connectivity index (χ1v) is 7.12. The van der Waals surface area contributed by atoms with Crippen LogP contribution in [0.4, 0.5) is 0 Å². The van der Waals surface area contributed by atoms with Gasteiger partial charge < -0.3 is 0 Å². The molecule has 1 aromatic carbocycles. The largest absolute Gasteiger partial charge is 0.271 e. The maximum Gasteiger partial charge on any atom is 0.0731 e. The van der Waals surface area contributed by atoms with E-state index in [9.17, 15) is 0 Å². The van der Waals surface area contributed by atoms with E-state index in [1.54, 1.807) is 11.3 Å². The van der Waals surface area contributed by atoms with Crippen molar-refractivity contribution in [3.63, 3.8) is 0 Å². The third-order valence-corrected chi connectivity index (χ3v) is 4.61. The number of hydrogen-bond donors (Lipinski definition) is 2. The van der Waals surface area contributed by atoms with Gasteiger partial charge in [0.2, 0.25) is 0 Å². The maximum absolute atomic E-state index is 5.71. The summed E-state index contributed by atoms with van der Waals surface area (Å²) in [5, 5.41) is 4.19. The van der Waals surface area contributed by atoms with Crippen LogP contribution in [0.15, 0.2) is 33.4 Å². The zero-order chi connectivity index (χ0) is 12.4. The van der Waals surface area contributed by atoms with Gasteiger partial charge in [0, 0.05) is 9.85 Å². The number of rotatable bonds is 3. The van der Waals surface area contributed by atoms with Crippen LogP contribution in [0.25, 0.3) is 0 Å². The van der Waals surface area contributed by atoms with Crippen molar-refractivity contribution in [1.82, 2.24) is 5.43 Å². The summed E-state index contributed by atoms with van der Waals surface area (Å²) in [4.78, 5) is 0. The van der Waals surface area contributed by atoms with Crippen LogP contribution in [-0.4, -0.2) is 0 Å². The van der Waals surface area contributed by atoms with Crippen LogP contribution in [0, 0.1) is 13.8 Å². The van der Waals surface area contributed by atoms with Crippen molar-refractivity contribution >= 4 is 27.3 Å². The topological polar surface area (TPSA) is 38.0 Å². The Kier molecular flexibility index (Phi) is 3.99. The normalized spacial score (nSPS) is 12.7. The molecule has 0 fully saturated rings. The average molecular weight is 311 g/mol. The third-order valence-electron chi connectivity index (χ3n) is 2.86. The summed E-state index contributed by atoms with van der Waals surface area (Å²) < 4.78 is 1.10. The van der Waals surface area contributed by atoms with Crippen LogP contribution in [0.3, 0.4) is 0 Å². The highest BCUT2D eigenvalue weighted by Crippen LogP contribution is 2.32. The van der Waals surface area contributed by atoms with Crippen molar-refractivity contribution in [1.29, 1.82) is 0 Å². The van der Waals surface area contributed by atoms with Crippen LogP contribution in [0.2, 0.25) is 0 Å². The Balaban J connectivity index is 2.46. The quantitative estimate of drug-likeness (QED) is 0.670. The molecule has 0 aliphatic heterocycles. The van der Waals surface area contributed by atoms with Crippen LogP contribution in [0.5, 0.6) is 0 Å². The number of nitrogens with one attached hydrogen (secondary N) is 1. The molecule has 0 saturated heterocycles. The lowest BCUT2D eigenvalue weighted by Gasteiger charge is -2.18. The molecule has 2 rings (SSSR count). The number of thiophene rings is 1. The molecule has 4 heteroatoms. The Morgan fingerprint density at radius 1 is 1.24 bits per heavy atom. The molecule has 0 aliphatic rings. The fraction of sp³-hybridized carbons (Fsp3) is 0.231. The molecule has 3 N–H and O–H groups in total. The first kappa shape index (κ1) is 12.8. The lowest BCUT2D eigenvalue weighted by Crippen LogP contribution is -2.29. The van der Waals surface area contributed by atoms with Crippen LogP contribution in [0.1, 0.15) is 28.3 Å². The molecule has 0 saturated carbocycles. The van der Waals surface area contributed by atoms with Crippen LogP contribution < -0.4 is 11.3 Å². The summed E-state index contributed by atoms with van der Waals surface area (Å²) in [5.74, 6) is 5.71. The van der Waals surface area contributed by atoms with Gasteiger partial charge in [-0.15, -0.1) is 0 Å². The summed E-state index contributed by atoms with van der Waals surface area (Å²) >= 11 is 5.23.